The van der Waals surface area contributed by atoms with Gasteiger partial charge in [-0.1, -0.05) is 36.4 Å². The summed E-state index contributed by atoms with van der Waals surface area (Å²) in [5.74, 6) is -0.959. The molecule has 0 atom stereocenters. The largest absolute Gasteiger partial charge is 0.478 e. The maximum atomic E-state index is 11.0. The molecule has 4 nitrogen and oxygen atoms in total. The second-order valence-corrected chi connectivity index (χ2v) is 5.97. The van der Waals surface area contributed by atoms with Crippen LogP contribution in [-0.4, -0.2) is 15.6 Å². The van der Waals surface area contributed by atoms with Crippen LogP contribution in [0.25, 0.3) is 27.7 Å². The van der Waals surface area contributed by atoms with Crippen molar-refractivity contribution in [2.75, 3.05) is 0 Å². The van der Waals surface area contributed by atoms with Gasteiger partial charge in [0.25, 0.3) is 0 Å². The van der Waals surface area contributed by atoms with Crippen molar-refractivity contribution < 1.29 is 9.90 Å². The maximum Gasteiger partial charge on any atom is 0.335 e. The highest BCUT2D eigenvalue weighted by Gasteiger charge is 2.12. The van der Waals surface area contributed by atoms with E-state index in [1.54, 1.807) is 30.5 Å². The van der Waals surface area contributed by atoms with E-state index in [4.69, 9.17) is 5.11 Å². The number of aromatic nitrogens is 1. The molecule has 0 fully saturated rings. The molecule has 0 spiro atoms. The molecule has 0 aliphatic carbocycles. The summed E-state index contributed by atoms with van der Waals surface area (Å²) in [7, 11) is 0. The van der Waals surface area contributed by atoms with E-state index in [9.17, 15) is 10.1 Å². The first-order valence-corrected chi connectivity index (χ1v) is 8.12. The van der Waals surface area contributed by atoms with Gasteiger partial charge in [-0.15, -0.1) is 0 Å². The number of hydrogen-bond donors (Lipinski definition) is 1. The number of aromatic carboxylic acids is 1. The van der Waals surface area contributed by atoms with E-state index < -0.39 is 5.97 Å². The Hall–Kier alpha value is -3.84. The van der Waals surface area contributed by atoms with Gasteiger partial charge in [0, 0.05) is 17.3 Å². The van der Waals surface area contributed by atoms with E-state index in [0.717, 1.165) is 27.7 Å². The molecule has 4 rings (SSSR count). The van der Waals surface area contributed by atoms with E-state index in [0.29, 0.717) is 5.56 Å². The smallest absolute Gasteiger partial charge is 0.335 e. The Morgan fingerprint density at radius 2 is 1.65 bits per heavy atom. The standard InChI is InChI=1S/C22H14N2O2/c23-13-18-14-24(19-9-6-16(7-10-19)22(25)26)21-11-8-17(12-20(18)21)15-4-2-1-3-5-15/h1-12,14H,(H,25,26). The molecule has 4 aromatic rings. The molecule has 26 heavy (non-hydrogen) atoms. The summed E-state index contributed by atoms with van der Waals surface area (Å²) >= 11 is 0. The minimum Gasteiger partial charge on any atom is -0.478 e. The van der Waals surface area contributed by atoms with Crippen molar-refractivity contribution in [3.8, 4) is 22.9 Å². The Bertz CT molecular complexity index is 1150. The molecule has 0 amide bonds. The van der Waals surface area contributed by atoms with E-state index in [1.807, 2.05) is 53.1 Å². The lowest BCUT2D eigenvalue weighted by atomic mass is 10.0. The van der Waals surface area contributed by atoms with Crippen LogP contribution in [0.5, 0.6) is 0 Å². The predicted octanol–water partition coefficient (Wildman–Crippen LogP) is 4.87. The van der Waals surface area contributed by atoms with Crippen molar-refractivity contribution in [3.05, 3.63) is 90.1 Å². The fourth-order valence-electron chi connectivity index (χ4n) is 3.11. The molecule has 1 N–H and O–H groups in total. The molecule has 3 aromatic carbocycles. The molecule has 1 heterocycles. The number of benzene rings is 3. The Morgan fingerprint density at radius 3 is 2.31 bits per heavy atom. The fraction of sp³-hybridized carbons (Fsp3) is 0. The number of nitriles is 1. The van der Waals surface area contributed by atoms with Crippen LogP contribution in [0, 0.1) is 11.3 Å². The first-order chi connectivity index (χ1) is 12.7. The third-order valence-electron chi connectivity index (χ3n) is 4.42. The van der Waals surface area contributed by atoms with Gasteiger partial charge in [0.05, 0.1) is 16.6 Å². The maximum absolute atomic E-state index is 11.0. The lowest BCUT2D eigenvalue weighted by molar-refractivity contribution is 0.0697. The minimum absolute atomic E-state index is 0.233. The molecule has 0 aliphatic heterocycles. The van der Waals surface area contributed by atoms with Crippen molar-refractivity contribution in [1.82, 2.24) is 4.57 Å². The molecule has 0 saturated carbocycles. The average molecular weight is 338 g/mol. The van der Waals surface area contributed by atoms with Gasteiger partial charge in [-0.05, 0) is 47.5 Å². The number of carboxylic acids is 1. The summed E-state index contributed by atoms with van der Waals surface area (Å²) in [6.07, 6.45) is 1.79. The molecule has 0 radical (unpaired) electrons. The van der Waals surface area contributed by atoms with Crippen LogP contribution in [0.2, 0.25) is 0 Å². The first-order valence-electron chi connectivity index (χ1n) is 8.12. The number of hydrogen-bond acceptors (Lipinski definition) is 2. The molecule has 124 valence electrons. The van der Waals surface area contributed by atoms with E-state index in [1.165, 1.54) is 0 Å². The molecular weight excluding hydrogens is 324 g/mol. The zero-order valence-corrected chi connectivity index (χ0v) is 13.8. The van der Waals surface area contributed by atoms with E-state index >= 15 is 0 Å². The molecule has 0 aliphatic rings. The Labute approximate surface area is 150 Å². The first kappa shape index (κ1) is 15.7. The highest BCUT2D eigenvalue weighted by Crippen LogP contribution is 2.29. The van der Waals surface area contributed by atoms with Crippen LogP contribution in [0.3, 0.4) is 0 Å². The Morgan fingerprint density at radius 1 is 0.923 bits per heavy atom. The van der Waals surface area contributed by atoms with Gasteiger partial charge in [0.15, 0.2) is 0 Å². The zero-order valence-electron chi connectivity index (χ0n) is 13.8. The monoisotopic (exact) mass is 338 g/mol. The summed E-state index contributed by atoms with van der Waals surface area (Å²) in [6.45, 7) is 0. The van der Waals surface area contributed by atoms with E-state index in [-0.39, 0.29) is 5.56 Å². The fourth-order valence-corrected chi connectivity index (χ4v) is 3.11. The molecule has 0 unspecified atom stereocenters. The zero-order chi connectivity index (χ0) is 18.1. The number of carboxylic acid groups (broad SMARTS) is 1. The van der Waals surface area contributed by atoms with Crippen molar-refractivity contribution >= 4 is 16.9 Å². The third-order valence-corrected chi connectivity index (χ3v) is 4.42. The molecular formula is C22H14N2O2. The quantitative estimate of drug-likeness (QED) is 0.580. The molecule has 4 heteroatoms. The molecule has 0 bridgehead atoms. The van der Waals surface area contributed by atoms with Crippen molar-refractivity contribution in [2.45, 2.75) is 0 Å². The lowest BCUT2D eigenvalue weighted by Crippen LogP contribution is -1.97. The van der Waals surface area contributed by atoms with Crippen LogP contribution < -0.4 is 0 Å². The predicted molar refractivity (Wildman–Crippen MR) is 100 cm³/mol. The second-order valence-electron chi connectivity index (χ2n) is 5.97. The van der Waals surface area contributed by atoms with Crippen molar-refractivity contribution in [3.63, 3.8) is 0 Å². The van der Waals surface area contributed by atoms with Gasteiger partial charge in [0.1, 0.15) is 6.07 Å². The highest BCUT2D eigenvalue weighted by molar-refractivity contribution is 5.92. The van der Waals surface area contributed by atoms with Gasteiger partial charge >= 0.3 is 5.97 Å². The van der Waals surface area contributed by atoms with Crippen LogP contribution >= 0.6 is 0 Å². The summed E-state index contributed by atoms with van der Waals surface area (Å²) in [4.78, 5) is 11.0. The van der Waals surface area contributed by atoms with Crippen LogP contribution in [0.1, 0.15) is 15.9 Å². The van der Waals surface area contributed by atoms with Gasteiger partial charge in [-0.3, -0.25) is 0 Å². The Kier molecular flexibility index (Phi) is 3.75. The number of carbonyl (C=O) groups is 1. The van der Waals surface area contributed by atoms with Crippen LogP contribution in [0.15, 0.2) is 79.0 Å². The summed E-state index contributed by atoms with van der Waals surface area (Å²) in [5, 5.41) is 19.5. The summed E-state index contributed by atoms with van der Waals surface area (Å²) in [5.41, 5.74) is 4.68. The summed E-state index contributed by atoms with van der Waals surface area (Å²) in [6, 6.07) is 24.9. The van der Waals surface area contributed by atoms with Gasteiger partial charge in [-0.2, -0.15) is 5.26 Å². The highest BCUT2D eigenvalue weighted by atomic mass is 16.4. The topological polar surface area (TPSA) is 66.0 Å². The van der Waals surface area contributed by atoms with Crippen molar-refractivity contribution in [1.29, 1.82) is 5.26 Å². The molecule has 0 saturated heterocycles. The van der Waals surface area contributed by atoms with E-state index in [2.05, 4.69) is 6.07 Å². The van der Waals surface area contributed by atoms with Gasteiger partial charge in [0.2, 0.25) is 0 Å². The van der Waals surface area contributed by atoms with Gasteiger partial charge < -0.3 is 9.67 Å². The van der Waals surface area contributed by atoms with Crippen LogP contribution in [-0.2, 0) is 0 Å². The third kappa shape index (κ3) is 2.62. The Balaban J connectivity index is 1.87. The number of fused-ring (bicyclic) bond motifs is 1. The van der Waals surface area contributed by atoms with Crippen LogP contribution in [0.4, 0.5) is 0 Å². The number of rotatable bonds is 3. The lowest BCUT2D eigenvalue weighted by Gasteiger charge is -2.07. The van der Waals surface area contributed by atoms with Crippen molar-refractivity contribution in [2.24, 2.45) is 0 Å². The SMILES string of the molecule is N#Cc1cn(-c2ccc(C(=O)O)cc2)c2ccc(-c3ccccc3)cc12. The summed E-state index contributed by atoms with van der Waals surface area (Å²) < 4.78 is 1.91. The minimum atomic E-state index is -0.959. The second kappa shape index (κ2) is 6.23. The average Bonchev–Trinajstić information content (AvgIpc) is 3.06. The molecule has 1 aromatic heterocycles. The number of nitrogens with zero attached hydrogens (tertiary/aromatic N) is 2. The normalized spacial score (nSPS) is 10.6. The van der Waals surface area contributed by atoms with Gasteiger partial charge in [-0.25, -0.2) is 4.79 Å².